The van der Waals surface area contributed by atoms with E-state index in [4.69, 9.17) is 0 Å². The minimum atomic E-state index is -1.31. The number of rotatable bonds is 3. The van der Waals surface area contributed by atoms with Gasteiger partial charge >= 0.3 is 5.97 Å². The van der Waals surface area contributed by atoms with Crippen LogP contribution in [-0.4, -0.2) is 31.9 Å². The van der Waals surface area contributed by atoms with Gasteiger partial charge in [-0.05, 0) is 38.5 Å². The molecule has 0 bridgehead atoms. The Morgan fingerprint density at radius 1 is 1.42 bits per heavy atom. The predicted octanol–water partition coefficient (Wildman–Crippen LogP) is 1.83. The number of carboxylic acid groups (broad SMARTS) is 1. The highest BCUT2D eigenvalue weighted by atomic mass is 32.1. The summed E-state index contributed by atoms with van der Waals surface area (Å²) in [7, 11) is 0. The van der Waals surface area contributed by atoms with Crippen LogP contribution in [0.25, 0.3) is 4.96 Å². The third-order valence-corrected chi connectivity index (χ3v) is 5.71. The fourth-order valence-corrected chi connectivity index (χ4v) is 3.94. The summed E-state index contributed by atoms with van der Waals surface area (Å²) in [5.41, 5.74) is -1.21. The molecule has 0 aromatic carbocycles. The van der Waals surface area contributed by atoms with Crippen molar-refractivity contribution in [3.05, 3.63) is 33.2 Å². The number of carbonyl (C=O) groups excluding carboxylic acids is 1. The standard InChI is InChI=1S/C16H19N3O4S/c1-9-3-5-16(6-4-9,14(22)23)18-12(20)11-7-17-15-19(13(11)21)10(2)8-24-15/h7-9H,3-6H2,1-2H3,(H,18,20)(H,22,23). The van der Waals surface area contributed by atoms with Crippen LogP contribution in [0.5, 0.6) is 0 Å². The van der Waals surface area contributed by atoms with Gasteiger partial charge in [0.2, 0.25) is 0 Å². The van der Waals surface area contributed by atoms with Gasteiger partial charge in [-0.15, -0.1) is 11.3 Å². The van der Waals surface area contributed by atoms with Crippen LogP contribution in [0.4, 0.5) is 0 Å². The van der Waals surface area contributed by atoms with Crippen molar-refractivity contribution < 1.29 is 14.7 Å². The molecule has 0 radical (unpaired) electrons. The van der Waals surface area contributed by atoms with Gasteiger partial charge in [-0.3, -0.25) is 14.0 Å². The minimum absolute atomic E-state index is 0.131. The molecule has 128 valence electrons. The molecule has 2 aromatic rings. The van der Waals surface area contributed by atoms with Gasteiger partial charge in [0.15, 0.2) is 4.96 Å². The lowest BCUT2D eigenvalue weighted by Crippen LogP contribution is -2.57. The zero-order valence-corrected chi connectivity index (χ0v) is 14.4. The van der Waals surface area contributed by atoms with E-state index in [1.807, 2.05) is 0 Å². The Labute approximate surface area is 142 Å². The lowest BCUT2D eigenvalue weighted by atomic mass is 9.77. The Hall–Kier alpha value is -2.22. The highest BCUT2D eigenvalue weighted by molar-refractivity contribution is 7.15. The highest BCUT2D eigenvalue weighted by Gasteiger charge is 2.43. The van der Waals surface area contributed by atoms with Crippen molar-refractivity contribution in [1.29, 1.82) is 0 Å². The summed E-state index contributed by atoms with van der Waals surface area (Å²) in [6.07, 6.45) is 3.41. The maximum Gasteiger partial charge on any atom is 0.329 e. The van der Waals surface area contributed by atoms with Gasteiger partial charge in [0.25, 0.3) is 11.5 Å². The van der Waals surface area contributed by atoms with Gasteiger partial charge in [-0.25, -0.2) is 9.78 Å². The molecule has 1 aliphatic carbocycles. The molecule has 1 fully saturated rings. The number of aliphatic carboxylic acids is 1. The van der Waals surface area contributed by atoms with Crippen LogP contribution in [0.3, 0.4) is 0 Å². The number of aryl methyl sites for hydroxylation is 1. The molecule has 0 unspecified atom stereocenters. The Morgan fingerprint density at radius 3 is 2.71 bits per heavy atom. The fourth-order valence-electron chi connectivity index (χ4n) is 3.11. The molecule has 0 atom stereocenters. The Balaban J connectivity index is 1.94. The van der Waals surface area contributed by atoms with Crippen LogP contribution >= 0.6 is 11.3 Å². The normalized spacial score (nSPS) is 24.0. The minimum Gasteiger partial charge on any atom is -0.480 e. The number of fused-ring (bicyclic) bond motifs is 1. The van der Waals surface area contributed by atoms with Crippen LogP contribution in [-0.2, 0) is 4.79 Å². The molecule has 3 rings (SSSR count). The fraction of sp³-hybridized carbons (Fsp3) is 0.500. The molecule has 1 amide bonds. The monoisotopic (exact) mass is 349 g/mol. The summed E-state index contributed by atoms with van der Waals surface area (Å²) in [5.74, 6) is -1.29. The number of nitrogens with zero attached hydrogens (tertiary/aromatic N) is 2. The number of carboxylic acids is 1. The van der Waals surface area contributed by atoms with Crippen molar-refractivity contribution in [2.75, 3.05) is 0 Å². The van der Waals surface area contributed by atoms with Crippen molar-refractivity contribution >= 4 is 28.2 Å². The first-order valence-electron chi connectivity index (χ1n) is 7.86. The second-order valence-corrected chi connectivity index (χ2v) is 7.33. The SMILES string of the molecule is Cc1csc2ncc(C(=O)NC3(C(=O)O)CCC(C)CC3)c(=O)n12. The average Bonchev–Trinajstić information content (AvgIpc) is 2.92. The second-order valence-electron chi connectivity index (χ2n) is 6.50. The van der Waals surface area contributed by atoms with Crippen molar-refractivity contribution in [2.24, 2.45) is 5.92 Å². The third kappa shape index (κ3) is 2.71. The van der Waals surface area contributed by atoms with E-state index in [0.29, 0.717) is 29.4 Å². The van der Waals surface area contributed by atoms with E-state index in [1.54, 1.807) is 12.3 Å². The number of nitrogens with one attached hydrogen (secondary N) is 1. The van der Waals surface area contributed by atoms with E-state index in [9.17, 15) is 19.5 Å². The zero-order chi connectivity index (χ0) is 17.5. The van der Waals surface area contributed by atoms with Gasteiger partial charge < -0.3 is 10.4 Å². The van der Waals surface area contributed by atoms with E-state index >= 15 is 0 Å². The maximum atomic E-state index is 12.6. The second kappa shape index (κ2) is 6.01. The molecule has 0 aliphatic heterocycles. The molecule has 0 spiro atoms. The van der Waals surface area contributed by atoms with Crippen molar-refractivity contribution in [3.8, 4) is 0 Å². The van der Waals surface area contributed by atoms with E-state index < -0.39 is 23.0 Å². The number of hydrogen-bond acceptors (Lipinski definition) is 5. The van der Waals surface area contributed by atoms with Gasteiger partial charge in [0.1, 0.15) is 11.1 Å². The summed E-state index contributed by atoms with van der Waals surface area (Å²) in [6.45, 7) is 3.83. The van der Waals surface area contributed by atoms with Gasteiger partial charge in [-0.2, -0.15) is 0 Å². The molecule has 24 heavy (non-hydrogen) atoms. The van der Waals surface area contributed by atoms with E-state index in [1.165, 1.54) is 21.9 Å². The molecular formula is C16H19N3O4S. The number of carbonyl (C=O) groups is 2. The number of thiazole rings is 1. The smallest absolute Gasteiger partial charge is 0.329 e. The first-order chi connectivity index (χ1) is 11.3. The van der Waals surface area contributed by atoms with Crippen LogP contribution in [0.2, 0.25) is 0 Å². The van der Waals surface area contributed by atoms with Gasteiger partial charge in [0, 0.05) is 17.3 Å². The lowest BCUT2D eigenvalue weighted by Gasteiger charge is -2.36. The quantitative estimate of drug-likeness (QED) is 0.880. The molecule has 1 saturated carbocycles. The Morgan fingerprint density at radius 2 is 2.08 bits per heavy atom. The number of amides is 1. The molecule has 1 aliphatic rings. The maximum absolute atomic E-state index is 12.6. The van der Waals surface area contributed by atoms with Crippen LogP contribution < -0.4 is 10.9 Å². The van der Waals surface area contributed by atoms with Crippen molar-refractivity contribution in [2.45, 2.75) is 45.1 Å². The van der Waals surface area contributed by atoms with E-state index in [2.05, 4.69) is 17.2 Å². The van der Waals surface area contributed by atoms with Crippen LogP contribution in [0.1, 0.15) is 48.7 Å². The van der Waals surface area contributed by atoms with Gasteiger partial charge in [0.05, 0.1) is 0 Å². The molecule has 2 N–H and O–H groups in total. The number of aromatic nitrogens is 2. The largest absolute Gasteiger partial charge is 0.480 e. The summed E-state index contributed by atoms with van der Waals surface area (Å²) >= 11 is 1.31. The first kappa shape index (κ1) is 16.6. The zero-order valence-electron chi connectivity index (χ0n) is 13.5. The summed E-state index contributed by atoms with van der Waals surface area (Å²) in [6, 6.07) is 0. The van der Waals surface area contributed by atoms with E-state index in [-0.39, 0.29) is 5.56 Å². The summed E-state index contributed by atoms with van der Waals surface area (Å²) in [4.78, 5) is 41.5. The predicted molar refractivity (Wildman–Crippen MR) is 89.5 cm³/mol. The molecule has 8 heteroatoms. The molecule has 2 heterocycles. The molecule has 0 saturated heterocycles. The van der Waals surface area contributed by atoms with Crippen molar-refractivity contribution in [3.63, 3.8) is 0 Å². The summed E-state index contributed by atoms with van der Waals surface area (Å²) < 4.78 is 1.37. The molecule has 7 nitrogen and oxygen atoms in total. The van der Waals surface area contributed by atoms with E-state index in [0.717, 1.165) is 12.8 Å². The lowest BCUT2D eigenvalue weighted by molar-refractivity contribution is -0.146. The highest BCUT2D eigenvalue weighted by Crippen LogP contribution is 2.32. The molecular weight excluding hydrogens is 330 g/mol. The van der Waals surface area contributed by atoms with Gasteiger partial charge in [-0.1, -0.05) is 6.92 Å². The third-order valence-electron chi connectivity index (χ3n) is 4.75. The number of hydrogen-bond donors (Lipinski definition) is 2. The van der Waals surface area contributed by atoms with Crippen LogP contribution in [0, 0.1) is 12.8 Å². The Bertz CT molecular complexity index is 862. The topological polar surface area (TPSA) is 101 Å². The van der Waals surface area contributed by atoms with Crippen LogP contribution in [0.15, 0.2) is 16.4 Å². The first-order valence-corrected chi connectivity index (χ1v) is 8.74. The average molecular weight is 349 g/mol. The molecule has 2 aromatic heterocycles. The Kier molecular flexibility index (Phi) is 4.16. The summed E-state index contributed by atoms with van der Waals surface area (Å²) in [5, 5.41) is 14.0. The van der Waals surface area contributed by atoms with Crippen molar-refractivity contribution in [1.82, 2.24) is 14.7 Å².